The van der Waals surface area contributed by atoms with E-state index < -0.39 is 6.09 Å². The second kappa shape index (κ2) is 3.60. The molecule has 0 saturated carbocycles. The molecule has 0 bridgehead atoms. The van der Waals surface area contributed by atoms with Gasteiger partial charge in [0, 0.05) is 31.6 Å². The highest BCUT2D eigenvalue weighted by Crippen LogP contribution is 2.37. The van der Waals surface area contributed by atoms with Gasteiger partial charge >= 0.3 is 6.09 Å². The number of amides is 1. The molecule has 1 N–H and O–H groups in total. The van der Waals surface area contributed by atoms with Crippen LogP contribution in [0.1, 0.15) is 6.42 Å². The van der Waals surface area contributed by atoms with Gasteiger partial charge in [-0.25, -0.2) is 4.79 Å². The van der Waals surface area contributed by atoms with Crippen LogP contribution in [0.25, 0.3) is 0 Å². The third kappa shape index (κ3) is 1.68. The van der Waals surface area contributed by atoms with Crippen molar-refractivity contribution in [1.29, 1.82) is 0 Å². The standard InChI is InChI=1S/C11H18N2O3/c14-10(15)13-3-9(4-13)1-2-12-5-11(6-12)7-16-8-11/h9H,1-8H2,(H,14,15). The van der Waals surface area contributed by atoms with Crippen molar-refractivity contribution in [3.05, 3.63) is 0 Å². The Labute approximate surface area is 95.0 Å². The second-order valence-electron chi connectivity index (χ2n) is 5.55. The normalized spacial score (nSPS) is 28.4. The molecule has 5 heteroatoms. The Hall–Kier alpha value is -0.810. The number of nitrogens with zero attached hydrogens (tertiary/aromatic N) is 2. The van der Waals surface area contributed by atoms with Crippen LogP contribution < -0.4 is 0 Å². The lowest BCUT2D eigenvalue weighted by Crippen LogP contribution is -2.66. The highest BCUT2D eigenvalue weighted by Gasteiger charge is 2.48. The minimum absolute atomic E-state index is 0.507. The molecule has 3 heterocycles. The van der Waals surface area contributed by atoms with Crippen LogP contribution in [0.5, 0.6) is 0 Å². The highest BCUT2D eigenvalue weighted by atomic mass is 16.5. The van der Waals surface area contributed by atoms with Crippen LogP contribution in [0.2, 0.25) is 0 Å². The molecule has 0 aromatic rings. The van der Waals surface area contributed by atoms with E-state index in [1.807, 2.05) is 0 Å². The van der Waals surface area contributed by atoms with Gasteiger partial charge in [-0.15, -0.1) is 0 Å². The average molecular weight is 226 g/mol. The van der Waals surface area contributed by atoms with Crippen LogP contribution in [0.15, 0.2) is 0 Å². The van der Waals surface area contributed by atoms with Gasteiger partial charge in [-0.3, -0.25) is 0 Å². The fraction of sp³-hybridized carbons (Fsp3) is 0.909. The third-order valence-electron chi connectivity index (χ3n) is 4.02. The van der Waals surface area contributed by atoms with E-state index in [2.05, 4.69) is 4.90 Å². The summed E-state index contributed by atoms with van der Waals surface area (Å²) in [6.45, 7) is 6.85. The van der Waals surface area contributed by atoms with Crippen molar-refractivity contribution < 1.29 is 14.6 Å². The van der Waals surface area contributed by atoms with Gasteiger partial charge in [0.1, 0.15) is 0 Å². The predicted molar refractivity (Wildman–Crippen MR) is 57.4 cm³/mol. The molecule has 1 amide bonds. The molecule has 3 saturated heterocycles. The molecule has 3 aliphatic rings. The van der Waals surface area contributed by atoms with Gasteiger partial charge in [0.15, 0.2) is 0 Å². The number of hydrogen-bond donors (Lipinski definition) is 1. The topological polar surface area (TPSA) is 53.0 Å². The number of rotatable bonds is 3. The van der Waals surface area contributed by atoms with Crippen LogP contribution >= 0.6 is 0 Å². The van der Waals surface area contributed by atoms with Crippen molar-refractivity contribution >= 4 is 6.09 Å². The Bertz CT molecular complexity index is 290. The van der Waals surface area contributed by atoms with Gasteiger partial charge < -0.3 is 19.6 Å². The maximum absolute atomic E-state index is 10.6. The molecule has 1 spiro atoms. The molecule has 90 valence electrons. The molecule has 5 nitrogen and oxygen atoms in total. The van der Waals surface area contributed by atoms with Gasteiger partial charge in [0.05, 0.1) is 13.2 Å². The van der Waals surface area contributed by atoms with Crippen molar-refractivity contribution in [3.63, 3.8) is 0 Å². The average Bonchev–Trinajstić information content (AvgIpc) is 2.00. The number of ether oxygens (including phenoxy) is 1. The zero-order valence-corrected chi connectivity index (χ0v) is 9.39. The summed E-state index contributed by atoms with van der Waals surface area (Å²) in [5, 5.41) is 8.70. The van der Waals surface area contributed by atoms with Crippen molar-refractivity contribution in [1.82, 2.24) is 9.80 Å². The van der Waals surface area contributed by atoms with Gasteiger partial charge in [-0.05, 0) is 18.9 Å². The first kappa shape index (κ1) is 10.4. The van der Waals surface area contributed by atoms with Gasteiger partial charge in [0.2, 0.25) is 0 Å². The Kier molecular flexibility index (Phi) is 2.33. The van der Waals surface area contributed by atoms with E-state index in [4.69, 9.17) is 9.84 Å². The third-order valence-corrected chi connectivity index (χ3v) is 4.02. The van der Waals surface area contributed by atoms with E-state index in [0.29, 0.717) is 11.3 Å². The molecule has 0 unspecified atom stereocenters. The van der Waals surface area contributed by atoms with Crippen LogP contribution in [0.3, 0.4) is 0 Å². The number of hydrogen-bond acceptors (Lipinski definition) is 3. The summed E-state index contributed by atoms with van der Waals surface area (Å²) in [7, 11) is 0. The first-order chi connectivity index (χ1) is 7.67. The number of carboxylic acid groups (broad SMARTS) is 1. The van der Waals surface area contributed by atoms with Crippen molar-refractivity contribution in [2.45, 2.75) is 6.42 Å². The number of likely N-dealkylation sites (tertiary alicyclic amines) is 2. The lowest BCUT2D eigenvalue weighted by atomic mass is 9.77. The highest BCUT2D eigenvalue weighted by molar-refractivity contribution is 5.65. The molecule has 0 radical (unpaired) electrons. The van der Waals surface area contributed by atoms with E-state index in [0.717, 1.165) is 39.3 Å². The minimum atomic E-state index is -0.772. The fourth-order valence-corrected chi connectivity index (χ4v) is 2.91. The van der Waals surface area contributed by atoms with Crippen molar-refractivity contribution in [2.24, 2.45) is 11.3 Å². The van der Waals surface area contributed by atoms with Crippen LogP contribution in [0.4, 0.5) is 4.79 Å². The van der Waals surface area contributed by atoms with Crippen LogP contribution in [0, 0.1) is 11.3 Å². The first-order valence-electron chi connectivity index (χ1n) is 5.95. The number of carbonyl (C=O) groups is 1. The maximum Gasteiger partial charge on any atom is 0.407 e. The summed E-state index contributed by atoms with van der Waals surface area (Å²) in [4.78, 5) is 14.5. The largest absolute Gasteiger partial charge is 0.465 e. The maximum atomic E-state index is 10.6. The van der Waals surface area contributed by atoms with Crippen LogP contribution in [-0.4, -0.2) is 66.9 Å². The summed E-state index contributed by atoms with van der Waals surface area (Å²) in [6.07, 6.45) is 0.367. The summed E-state index contributed by atoms with van der Waals surface area (Å²) in [5.74, 6) is 0.588. The van der Waals surface area contributed by atoms with E-state index in [-0.39, 0.29) is 0 Å². The van der Waals surface area contributed by atoms with Gasteiger partial charge in [0.25, 0.3) is 0 Å². The molecule has 3 fully saturated rings. The lowest BCUT2D eigenvalue weighted by Gasteiger charge is -2.55. The van der Waals surface area contributed by atoms with Crippen LogP contribution in [-0.2, 0) is 4.74 Å². The fourth-order valence-electron chi connectivity index (χ4n) is 2.91. The molecule has 0 atom stereocenters. The zero-order valence-electron chi connectivity index (χ0n) is 9.39. The molecule has 3 rings (SSSR count). The Morgan fingerprint density at radius 3 is 2.56 bits per heavy atom. The molecule has 3 aliphatic heterocycles. The smallest absolute Gasteiger partial charge is 0.407 e. The van der Waals surface area contributed by atoms with Crippen molar-refractivity contribution in [2.75, 3.05) is 45.9 Å². The Morgan fingerprint density at radius 2 is 2.06 bits per heavy atom. The predicted octanol–water partition coefficient (Wildman–Crippen LogP) is 0.319. The van der Waals surface area contributed by atoms with Crippen molar-refractivity contribution in [3.8, 4) is 0 Å². The zero-order chi connectivity index (χ0) is 11.2. The molecule has 0 aromatic heterocycles. The Balaban J connectivity index is 1.30. The van der Waals surface area contributed by atoms with Gasteiger partial charge in [-0.1, -0.05) is 0 Å². The monoisotopic (exact) mass is 226 g/mol. The van der Waals surface area contributed by atoms with Gasteiger partial charge in [-0.2, -0.15) is 0 Å². The SMILES string of the molecule is O=C(O)N1CC(CCN2CC3(COC3)C2)C1. The van der Waals surface area contributed by atoms with E-state index in [1.165, 1.54) is 18.0 Å². The summed E-state index contributed by atoms with van der Waals surface area (Å²) in [6, 6.07) is 0. The molecule has 0 aliphatic carbocycles. The minimum Gasteiger partial charge on any atom is -0.465 e. The van der Waals surface area contributed by atoms with E-state index in [9.17, 15) is 4.79 Å². The van der Waals surface area contributed by atoms with E-state index in [1.54, 1.807) is 0 Å². The molecular weight excluding hydrogens is 208 g/mol. The lowest BCUT2D eigenvalue weighted by molar-refractivity contribution is -0.189. The van der Waals surface area contributed by atoms with E-state index >= 15 is 0 Å². The second-order valence-corrected chi connectivity index (χ2v) is 5.55. The molecular formula is C11H18N2O3. The quantitative estimate of drug-likeness (QED) is 0.753. The molecule has 16 heavy (non-hydrogen) atoms. The summed E-state index contributed by atoms with van der Waals surface area (Å²) >= 11 is 0. The molecule has 0 aromatic carbocycles. The summed E-state index contributed by atoms with van der Waals surface area (Å²) < 4.78 is 5.23. The first-order valence-corrected chi connectivity index (χ1v) is 5.95. The Morgan fingerprint density at radius 1 is 1.38 bits per heavy atom. The summed E-state index contributed by atoms with van der Waals surface area (Å²) in [5.41, 5.74) is 0.507.